The standard InChI is InChI=1S/C11H12N4O/c1-8-7-15(11(12)14-8)13-6-9-2-4-10(16)5-3-9/h2-7,16H,1H3,(H2,12,14). The van der Waals surface area contributed by atoms with E-state index in [1.165, 1.54) is 4.68 Å². The van der Waals surface area contributed by atoms with Crippen molar-refractivity contribution in [3.63, 3.8) is 0 Å². The van der Waals surface area contributed by atoms with Gasteiger partial charge in [-0.25, -0.2) is 9.66 Å². The van der Waals surface area contributed by atoms with Crippen molar-refractivity contribution >= 4 is 12.2 Å². The van der Waals surface area contributed by atoms with E-state index in [0.717, 1.165) is 11.3 Å². The van der Waals surface area contributed by atoms with Crippen molar-refractivity contribution in [3.05, 3.63) is 41.7 Å². The van der Waals surface area contributed by atoms with Gasteiger partial charge in [-0.2, -0.15) is 5.10 Å². The second-order valence-corrected chi connectivity index (χ2v) is 3.42. The van der Waals surface area contributed by atoms with Crippen LogP contribution in [0.5, 0.6) is 5.75 Å². The van der Waals surface area contributed by atoms with Crippen LogP contribution in [0.15, 0.2) is 35.6 Å². The number of aryl methyl sites for hydroxylation is 1. The highest BCUT2D eigenvalue weighted by Gasteiger charge is 1.98. The van der Waals surface area contributed by atoms with E-state index < -0.39 is 0 Å². The fourth-order valence-corrected chi connectivity index (χ4v) is 1.29. The third-order valence-corrected chi connectivity index (χ3v) is 2.06. The summed E-state index contributed by atoms with van der Waals surface area (Å²) in [4.78, 5) is 4.02. The molecule has 1 heterocycles. The maximum absolute atomic E-state index is 9.11. The van der Waals surface area contributed by atoms with Crippen LogP contribution in [-0.2, 0) is 0 Å². The first kappa shape index (κ1) is 10.2. The van der Waals surface area contributed by atoms with Crippen LogP contribution in [0.25, 0.3) is 0 Å². The van der Waals surface area contributed by atoms with Crippen LogP contribution in [-0.4, -0.2) is 21.0 Å². The Hall–Kier alpha value is -2.30. The van der Waals surface area contributed by atoms with E-state index in [4.69, 9.17) is 10.8 Å². The summed E-state index contributed by atoms with van der Waals surface area (Å²) >= 11 is 0. The second kappa shape index (κ2) is 4.06. The molecule has 2 rings (SSSR count). The van der Waals surface area contributed by atoms with E-state index >= 15 is 0 Å². The molecule has 1 aromatic heterocycles. The lowest BCUT2D eigenvalue weighted by atomic mass is 10.2. The summed E-state index contributed by atoms with van der Waals surface area (Å²) in [6, 6.07) is 6.73. The van der Waals surface area contributed by atoms with Crippen molar-refractivity contribution in [2.75, 3.05) is 5.73 Å². The predicted molar refractivity (Wildman–Crippen MR) is 62.5 cm³/mol. The maximum atomic E-state index is 9.11. The maximum Gasteiger partial charge on any atom is 0.221 e. The molecule has 0 saturated carbocycles. The van der Waals surface area contributed by atoms with Gasteiger partial charge in [-0.3, -0.25) is 0 Å². The van der Waals surface area contributed by atoms with Gasteiger partial charge in [0.2, 0.25) is 5.95 Å². The molecule has 0 spiro atoms. The molecule has 5 heteroatoms. The van der Waals surface area contributed by atoms with Gasteiger partial charge in [0.25, 0.3) is 0 Å². The summed E-state index contributed by atoms with van der Waals surface area (Å²) in [5.74, 6) is 0.586. The van der Waals surface area contributed by atoms with Gasteiger partial charge in [-0.15, -0.1) is 0 Å². The van der Waals surface area contributed by atoms with Crippen molar-refractivity contribution < 1.29 is 5.11 Å². The SMILES string of the molecule is Cc1cn(N=Cc2ccc(O)cc2)c(N)n1. The molecule has 16 heavy (non-hydrogen) atoms. The summed E-state index contributed by atoms with van der Waals surface area (Å²) in [7, 11) is 0. The first-order valence-electron chi connectivity index (χ1n) is 4.80. The molecule has 0 fully saturated rings. The minimum Gasteiger partial charge on any atom is -0.508 e. The fraction of sp³-hybridized carbons (Fsp3) is 0.0909. The molecule has 82 valence electrons. The Balaban J connectivity index is 2.21. The number of aromatic nitrogens is 2. The lowest BCUT2D eigenvalue weighted by molar-refractivity contribution is 0.475. The molecule has 1 aromatic carbocycles. The summed E-state index contributed by atoms with van der Waals surface area (Å²) in [5.41, 5.74) is 7.33. The van der Waals surface area contributed by atoms with E-state index in [1.807, 2.05) is 6.92 Å². The van der Waals surface area contributed by atoms with E-state index in [2.05, 4.69) is 10.1 Å². The van der Waals surface area contributed by atoms with Crippen LogP contribution < -0.4 is 5.73 Å². The Kier molecular flexibility index (Phi) is 2.59. The summed E-state index contributed by atoms with van der Waals surface area (Å²) in [6.07, 6.45) is 3.39. The molecule has 0 aliphatic rings. The Morgan fingerprint density at radius 1 is 1.38 bits per heavy atom. The molecule has 0 radical (unpaired) electrons. The van der Waals surface area contributed by atoms with Gasteiger partial charge in [0.05, 0.1) is 18.1 Å². The first-order valence-corrected chi connectivity index (χ1v) is 4.80. The van der Waals surface area contributed by atoms with Crippen LogP contribution in [0.3, 0.4) is 0 Å². The number of nitrogens with two attached hydrogens (primary N) is 1. The Morgan fingerprint density at radius 2 is 2.06 bits per heavy atom. The topological polar surface area (TPSA) is 76.4 Å². The molecule has 0 bridgehead atoms. The van der Waals surface area contributed by atoms with Crippen molar-refractivity contribution in [1.82, 2.24) is 9.66 Å². The highest BCUT2D eigenvalue weighted by Crippen LogP contribution is 2.08. The third kappa shape index (κ3) is 2.20. The number of hydrogen-bond acceptors (Lipinski definition) is 4. The Bertz CT molecular complexity index is 513. The van der Waals surface area contributed by atoms with Crippen molar-refractivity contribution in [1.29, 1.82) is 0 Å². The number of benzene rings is 1. The predicted octanol–water partition coefficient (Wildman–Crippen LogP) is 1.36. The highest BCUT2D eigenvalue weighted by atomic mass is 16.3. The molecule has 3 N–H and O–H groups in total. The first-order chi connectivity index (χ1) is 7.65. The van der Waals surface area contributed by atoms with Crippen molar-refractivity contribution in [3.8, 4) is 5.75 Å². The quantitative estimate of drug-likeness (QED) is 0.744. The number of hydrogen-bond donors (Lipinski definition) is 2. The molecule has 0 unspecified atom stereocenters. The van der Waals surface area contributed by atoms with Crippen molar-refractivity contribution in [2.24, 2.45) is 5.10 Å². The average molecular weight is 216 g/mol. The van der Waals surface area contributed by atoms with Crippen LogP contribution >= 0.6 is 0 Å². The third-order valence-electron chi connectivity index (χ3n) is 2.06. The Morgan fingerprint density at radius 3 is 2.62 bits per heavy atom. The Labute approximate surface area is 92.9 Å². The minimum absolute atomic E-state index is 0.232. The van der Waals surface area contributed by atoms with E-state index in [-0.39, 0.29) is 5.75 Å². The molecule has 0 aliphatic heterocycles. The van der Waals surface area contributed by atoms with E-state index in [1.54, 1.807) is 36.7 Å². The molecule has 0 aliphatic carbocycles. The fourth-order valence-electron chi connectivity index (χ4n) is 1.29. The summed E-state index contributed by atoms with van der Waals surface area (Å²) in [5, 5.41) is 13.3. The molecule has 2 aromatic rings. The number of aromatic hydroxyl groups is 1. The second-order valence-electron chi connectivity index (χ2n) is 3.42. The van der Waals surface area contributed by atoms with Crippen molar-refractivity contribution in [2.45, 2.75) is 6.92 Å². The number of phenolic OH excluding ortho intramolecular Hbond substituents is 1. The molecule has 0 atom stereocenters. The largest absolute Gasteiger partial charge is 0.508 e. The number of rotatable bonds is 2. The van der Waals surface area contributed by atoms with Crippen LogP contribution in [0.2, 0.25) is 0 Å². The average Bonchev–Trinajstić information content (AvgIpc) is 2.57. The molecule has 0 amide bonds. The zero-order chi connectivity index (χ0) is 11.5. The lowest BCUT2D eigenvalue weighted by Gasteiger charge is -1.95. The zero-order valence-corrected chi connectivity index (χ0v) is 8.83. The van der Waals surface area contributed by atoms with Gasteiger partial charge >= 0.3 is 0 Å². The number of anilines is 1. The monoisotopic (exact) mass is 216 g/mol. The van der Waals surface area contributed by atoms with Gasteiger partial charge in [-0.05, 0) is 36.8 Å². The number of nitrogens with zero attached hydrogens (tertiary/aromatic N) is 3. The van der Waals surface area contributed by atoms with Gasteiger partial charge in [0, 0.05) is 0 Å². The zero-order valence-electron chi connectivity index (χ0n) is 8.83. The smallest absolute Gasteiger partial charge is 0.221 e. The van der Waals surface area contributed by atoms with Gasteiger partial charge in [0.15, 0.2) is 0 Å². The molecule has 0 saturated heterocycles. The van der Waals surface area contributed by atoms with Gasteiger partial charge < -0.3 is 10.8 Å². The minimum atomic E-state index is 0.232. The summed E-state index contributed by atoms with van der Waals surface area (Å²) < 4.78 is 1.50. The summed E-state index contributed by atoms with van der Waals surface area (Å²) in [6.45, 7) is 1.85. The highest BCUT2D eigenvalue weighted by molar-refractivity contribution is 5.79. The van der Waals surface area contributed by atoms with E-state index in [9.17, 15) is 0 Å². The molecule has 5 nitrogen and oxygen atoms in total. The van der Waals surface area contributed by atoms with Crippen LogP contribution in [0.4, 0.5) is 5.95 Å². The van der Waals surface area contributed by atoms with Gasteiger partial charge in [0.1, 0.15) is 5.75 Å². The molecular weight excluding hydrogens is 204 g/mol. The van der Waals surface area contributed by atoms with Crippen LogP contribution in [0, 0.1) is 6.92 Å². The van der Waals surface area contributed by atoms with E-state index in [0.29, 0.717) is 5.95 Å². The number of nitrogen functional groups attached to an aromatic ring is 1. The number of imidazole rings is 1. The normalized spacial score (nSPS) is 11.1. The lowest BCUT2D eigenvalue weighted by Crippen LogP contribution is -1.96. The van der Waals surface area contributed by atoms with Gasteiger partial charge in [-0.1, -0.05) is 0 Å². The van der Waals surface area contributed by atoms with Crippen LogP contribution in [0.1, 0.15) is 11.3 Å². The molecular formula is C11H12N4O. The number of phenols is 1.